The Labute approximate surface area is 153 Å². The third-order valence-corrected chi connectivity index (χ3v) is 5.41. The highest BCUT2D eigenvalue weighted by molar-refractivity contribution is 5.96. The number of piperidine rings is 1. The fourth-order valence-electron chi connectivity index (χ4n) is 4.13. The van der Waals surface area contributed by atoms with Crippen molar-refractivity contribution >= 4 is 11.9 Å². The van der Waals surface area contributed by atoms with Crippen molar-refractivity contribution in [3.8, 4) is 0 Å². The average Bonchev–Trinajstić information content (AvgIpc) is 2.94. The van der Waals surface area contributed by atoms with Crippen LogP contribution in [0.1, 0.15) is 58.0 Å². The van der Waals surface area contributed by atoms with Gasteiger partial charge >= 0.3 is 5.97 Å². The van der Waals surface area contributed by atoms with Gasteiger partial charge in [0.15, 0.2) is 5.60 Å². The molecule has 4 nitrogen and oxygen atoms in total. The second-order valence-electron chi connectivity index (χ2n) is 7.21. The van der Waals surface area contributed by atoms with Crippen LogP contribution in [0.25, 0.3) is 0 Å². The molecule has 4 rings (SSSR count). The van der Waals surface area contributed by atoms with E-state index in [2.05, 4.69) is 6.92 Å². The molecule has 2 aromatic carbocycles. The first-order valence-corrected chi connectivity index (χ1v) is 9.34. The Bertz CT molecular complexity index is 843. The van der Waals surface area contributed by atoms with Gasteiger partial charge in [0.05, 0.1) is 12.1 Å². The third-order valence-electron chi connectivity index (χ3n) is 5.41. The fraction of sp³-hybridized carbons (Fsp3) is 0.364. The minimum absolute atomic E-state index is 0.00699. The Hall–Kier alpha value is -2.62. The van der Waals surface area contributed by atoms with Crippen LogP contribution in [0.2, 0.25) is 0 Å². The minimum atomic E-state index is -0.691. The lowest BCUT2D eigenvalue weighted by Crippen LogP contribution is -2.48. The van der Waals surface area contributed by atoms with E-state index in [1.54, 1.807) is 6.07 Å². The molecule has 134 valence electrons. The lowest BCUT2D eigenvalue weighted by atomic mass is 9.85. The summed E-state index contributed by atoms with van der Waals surface area (Å²) in [5.41, 5.74) is 2.80. The number of likely N-dealkylation sites (tertiary alicyclic amines) is 1. The number of benzene rings is 2. The molecule has 0 N–H and O–H groups in total. The molecule has 0 saturated carbocycles. The maximum atomic E-state index is 13.0. The standard InChI is InChI=1S/C22H23NO3/c1-2-6-16-9-11-17(12-10-16)20(24)23-14-5-13-22(15-23)19-8-4-3-7-18(19)21(25)26-22/h3-4,7-12H,2,5-6,13-15H2,1H3. The van der Waals surface area contributed by atoms with Crippen LogP contribution in [-0.2, 0) is 16.8 Å². The van der Waals surface area contributed by atoms with Gasteiger partial charge in [-0.1, -0.05) is 43.7 Å². The largest absolute Gasteiger partial charge is 0.449 e. The van der Waals surface area contributed by atoms with Gasteiger partial charge in [0.2, 0.25) is 0 Å². The smallest absolute Gasteiger partial charge is 0.339 e. The zero-order valence-corrected chi connectivity index (χ0v) is 15.0. The SMILES string of the molecule is CCCc1ccc(C(=O)N2CCCC3(C2)OC(=O)c2ccccc23)cc1. The van der Waals surface area contributed by atoms with Crippen molar-refractivity contribution in [2.45, 2.75) is 38.2 Å². The van der Waals surface area contributed by atoms with E-state index in [-0.39, 0.29) is 11.9 Å². The number of fused-ring (bicyclic) bond motifs is 2. The van der Waals surface area contributed by atoms with Gasteiger partial charge in [-0.05, 0) is 43.0 Å². The number of aryl methyl sites for hydroxylation is 1. The molecule has 1 unspecified atom stereocenters. The summed E-state index contributed by atoms with van der Waals surface area (Å²) >= 11 is 0. The average molecular weight is 349 g/mol. The van der Waals surface area contributed by atoms with Crippen LogP contribution in [0.15, 0.2) is 48.5 Å². The summed E-state index contributed by atoms with van der Waals surface area (Å²) < 4.78 is 5.79. The Morgan fingerprint density at radius 2 is 1.92 bits per heavy atom. The number of carbonyl (C=O) groups excluding carboxylic acids is 2. The molecule has 1 saturated heterocycles. The molecule has 0 bridgehead atoms. The van der Waals surface area contributed by atoms with Crippen molar-refractivity contribution in [1.82, 2.24) is 4.90 Å². The molecule has 4 heteroatoms. The molecule has 1 fully saturated rings. The number of amides is 1. The highest BCUT2D eigenvalue weighted by Crippen LogP contribution is 2.42. The van der Waals surface area contributed by atoms with Gasteiger partial charge in [0.25, 0.3) is 5.91 Å². The maximum Gasteiger partial charge on any atom is 0.339 e. The molecule has 2 aromatic rings. The summed E-state index contributed by atoms with van der Waals surface area (Å²) in [4.78, 5) is 27.1. The number of nitrogens with zero attached hydrogens (tertiary/aromatic N) is 1. The van der Waals surface area contributed by atoms with E-state index >= 15 is 0 Å². The van der Waals surface area contributed by atoms with Crippen molar-refractivity contribution in [2.24, 2.45) is 0 Å². The van der Waals surface area contributed by atoms with Gasteiger partial charge in [-0.25, -0.2) is 4.79 Å². The van der Waals surface area contributed by atoms with Crippen molar-refractivity contribution in [1.29, 1.82) is 0 Å². The summed E-state index contributed by atoms with van der Waals surface area (Å²) in [6.45, 7) is 3.26. The van der Waals surface area contributed by atoms with Gasteiger partial charge in [-0.15, -0.1) is 0 Å². The van der Waals surface area contributed by atoms with E-state index in [4.69, 9.17) is 4.74 Å². The molecule has 26 heavy (non-hydrogen) atoms. The predicted molar refractivity (Wildman–Crippen MR) is 99.1 cm³/mol. The number of carbonyl (C=O) groups is 2. The zero-order chi connectivity index (χ0) is 18.1. The van der Waals surface area contributed by atoms with Crippen LogP contribution in [0.4, 0.5) is 0 Å². The first kappa shape index (κ1) is 16.8. The molecule has 2 aliphatic rings. The molecular weight excluding hydrogens is 326 g/mol. The van der Waals surface area contributed by atoms with Crippen LogP contribution in [0.3, 0.4) is 0 Å². The molecule has 0 aliphatic carbocycles. The van der Waals surface area contributed by atoms with E-state index in [9.17, 15) is 9.59 Å². The third kappa shape index (κ3) is 2.79. The van der Waals surface area contributed by atoms with Crippen molar-refractivity contribution in [2.75, 3.05) is 13.1 Å². The number of rotatable bonds is 3. The quantitative estimate of drug-likeness (QED) is 0.789. The van der Waals surface area contributed by atoms with Crippen LogP contribution < -0.4 is 0 Å². The van der Waals surface area contributed by atoms with Crippen molar-refractivity contribution in [3.63, 3.8) is 0 Å². The molecule has 1 atom stereocenters. The van der Waals surface area contributed by atoms with E-state index in [0.29, 0.717) is 24.2 Å². The summed E-state index contributed by atoms with van der Waals surface area (Å²) in [6.07, 6.45) is 3.69. The van der Waals surface area contributed by atoms with Crippen LogP contribution in [-0.4, -0.2) is 29.9 Å². The zero-order valence-electron chi connectivity index (χ0n) is 15.0. The van der Waals surface area contributed by atoms with Crippen molar-refractivity contribution in [3.05, 3.63) is 70.8 Å². The van der Waals surface area contributed by atoms with E-state index in [1.807, 2.05) is 47.4 Å². The van der Waals surface area contributed by atoms with E-state index in [1.165, 1.54) is 5.56 Å². The number of ether oxygens (including phenoxy) is 1. The van der Waals surface area contributed by atoms with Crippen LogP contribution in [0, 0.1) is 0 Å². The molecular formula is C22H23NO3. The predicted octanol–water partition coefficient (Wildman–Crippen LogP) is 3.94. The molecule has 1 spiro atoms. The number of hydrogen-bond acceptors (Lipinski definition) is 3. The van der Waals surface area contributed by atoms with Crippen LogP contribution in [0.5, 0.6) is 0 Å². The molecule has 2 heterocycles. The van der Waals surface area contributed by atoms with E-state index < -0.39 is 5.60 Å². The summed E-state index contributed by atoms with van der Waals surface area (Å²) in [5, 5.41) is 0. The normalized spacial score (nSPS) is 21.6. The summed E-state index contributed by atoms with van der Waals surface area (Å²) in [6, 6.07) is 15.4. The van der Waals surface area contributed by atoms with Gasteiger partial charge in [-0.3, -0.25) is 4.79 Å². The summed E-state index contributed by atoms with van der Waals surface area (Å²) in [5.74, 6) is -0.272. The summed E-state index contributed by atoms with van der Waals surface area (Å²) in [7, 11) is 0. The molecule has 0 aromatic heterocycles. The highest BCUT2D eigenvalue weighted by atomic mass is 16.6. The van der Waals surface area contributed by atoms with Gasteiger partial charge < -0.3 is 9.64 Å². The fourth-order valence-corrected chi connectivity index (χ4v) is 4.13. The monoisotopic (exact) mass is 349 g/mol. The number of hydrogen-bond donors (Lipinski definition) is 0. The first-order chi connectivity index (χ1) is 12.6. The highest BCUT2D eigenvalue weighted by Gasteiger charge is 2.48. The Balaban J connectivity index is 1.58. The Kier molecular flexibility index (Phi) is 4.27. The second kappa shape index (κ2) is 6.60. The lowest BCUT2D eigenvalue weighted by Gasteiger charge is -2.39. The first-order valence-electron chi connectivity index (χ1n) is 9.34. The molecule has 1 amide bonds. The lowest BCUT2D eigenvalue weighted by molar-refractivity contribution is -0.0442. The van der Waals surface area contributed by atoms with Crippen LogP contribution >= 0.6 is 0 Å². The topological polar surface area (TPSA) is 46.6 Å². The van der Waals surface area contributed by atoms with Crippen molar-refractivity contribution < 1.29 is 14.3 Å². The van der Waals surface area contributed by atoms with Gasteiger partial charge in [0, 0.05) is 17.7 Å². The second-order valence-corrected chi connectivity index (χ2v) is 7.21. The Morgan fingerprint density at radius 3 is 2.69 bits per heavy atom. The number of esters is 1. The molecule has 2 aliphatic heterocycles. The van der Waals surface area contributed by atoms with E-state index in [0.717, 1.165) is 31.2 Å². The maximum absolute atomic E-state index is 13.0. The van der Waals surface area contributed by atoms with Gasteiger partial charge in [-0.2, -0.15) is 0 Å². The molecule has 0 radical (unpaired) electrons. The van der Waals surface area contributed by atoms with Gasteiger partial charge in [0.1, 0.15) is 0 Å². The Morgan fingerprint density at radius 1 is 1.15 bits per heavy atom. The minimum Gasteiger partial charge on any atom is -0.449 e.